The number of halogens is 3. The molecule has 1 unspecified atom stereocenters. The molecule has 1 amide bonds. The summed E-state index contributed by atoms with van der Waals surface area (Å²) in [6.07, 6.45) is 0.781. The van der Waals surface area contributed by atoms with Crippen LogP contribution in [0.15, 0.2) is 18.2 Å². The lowest BCUT2D eigenvalue weighted by molar-refractivity contribution is -0.137. The third-order valence-electron chi connectivity index (χ3n) is 5.21. The topological polar surface area (TPSA) is 20.3 Å². The molecule has 0 aromatic heterocycles. The van der Waals surface area contributed by atoms with Crippen molar-refractivity contribution in [1.82, 2.24) is 4.90 Å². The van der Waals surface area contributed by atoms with Gasteiger partial charge in [0, 0.05) is 18.5 Å². The second kappa shape index (κ2) is 5.28. The van der Waals surface area contributed by atoms with Crippen molar-refractivity contribution in [1.29, 1.82) is 0 Å². The number of rotatable bonds is 3. The summed E-state index contributed by atoms with van der Waals surface area (Å²) in [6.45, 7) is 3.45. The van der Waals surface area contributed by atoms with Crippen LogP contribution in [0.3, 0.4) is 0 Å². The smallest absolute Gasteiger partial charge is 0.344 e. The number of aryl methyl sites for hydroxylation is 1. The van der Waals surface area contributed by atoms with Gasteiger partial charge in [-0.15, -0.1) is 0 Å². The zero-order valence-electron chi connectivity index (χ0n) is 12.6. The molecule has 5 heteroatoms. The van der Waals surface area contributed by atoms with E-state index in [1.54, 1.807) is 17.9 Å². The van der Waals surface area contributed by atoms with Gasteiger partial charge in [0.2, 0.25) is 6.41 Å². The van der Waals surface area contributed by atoms with Gasteiger partial charge in [-0.3, -0.25) is 4.79 Å². The summed E-state index contributed by atoms with van der Waals surface area (Å²) in [4.78, 5) is 12.5. The molecule has 120 valence electrons. The molecule has 1 atom stereocenters. The third kappa shape index (κ3) is 2.85. The van der Waals surface area contributed by atoms with Crippen LogP contribution in [0.1, 0.15) is 36.0 Å². The molecule has 1 aliphatic carbocycles. The van der Waals surface area contributed by atoms with E-state index >= 15 is 0 Å². The maximum Gasteiger partial charge on any atom is 0.416 e. The first-order valence-corrected chi connectivity index (χ1v) is 7.67. The van der Waals surface area contributed by atoms with Gasteiger partial charge in [0.15, 0.2) is 0 Å². The van der Waals surface area contributed by atoms with E-state index in [0.29, 0.717) is 5.92 Å². The molecule has 1 aromatic carbocycles. The average Bonchev–Trinajstić information content (AvgIpc) is 2.82. The molecule has 2 fully saturated rings. The lowest BCUT2D eigenvalue weighted by Crippen LogP contribution is -2.54. The summed E-state index contributed by atoms with van der Waals surface area (Å²) in [7, 11) is 0. The second-order valence-corrected chi connectivity index (χ2v) is 6.96. The fraction of sp³-hybridized carbons (Fsp3) is 0.588. The monoisotopic (exact) mass is 311 g/mol. The lowest BCUT2D eigenvalue weighted by atomic mass is 9.77. The molecule has 2 aliphatic rings. The number of hydrogen-bond acceptors (Lipinski definition) is 1. The zero-order chi connectivity index (χ0) is 16.0. The fourth-order valence-corrected chi connectivity index (χ4v) is 4.09. The highest BCUT2D eigenvalue weighted by Gasteiger charge is 2.47. The predicted octanol–water partition coefficient (Wildman–Crippen LogP) is 3.81. The summed E-state index contributed by atoms with van der Waals surface area (Å²) in [5.74, 6) is 0.518. The summed E-state index contributed by atoms with van der Waals surface area (Å²) >= 11 is 0. The van der Waals surface area contributed by atoms with E-state index in [-0.39, 0.29) is 5.41 Å². The summed E-state index contributed by atoms with van der Waals surface area (Å²) < 4.78 is 38.1. The number of carbonyl (C=O) groups excluding carboxylic acids is 1. The van der Waals surface area contributed by atoms with Crippen molar-refractivity contribution < 1.29 is 18.0 Å². The summed E-state index contributed by atoms with van der Waals surface area (Å²) in [5, 5.41) is 0. The van der Waals surface area contributed by atoms with Crippen molar-refractivity contribution in [2.75, 3.05) is 13.1 Å². The van der Waals surface area contributed by atoms with Crippen molar-refractivity contribution in [2.45, 2.75) is 38.8 Å². The van der Waals surface area contributed by atoms with Crippen LogP contribution in [0.5, 0.6) is 0 Å². The molecule has 1 heterocycles. The fourth-order valence-electron chi connectivity index (χ4n) is 4.09. The highest BCUT2D eigenvalue weighted by molar-refractivity contribution is 5.49. The second-order valence-electron chi connectivity index (χ2n) is 6.96. The van der Waals surface area contributed by atoms with Gasteiger partial charge in [-0.2, -0.15) is 13.2 Å². The molecule has 0 N–H and O–H groups in total. The van der Waals surface area contributed by atoms with Gasteiger partial charge in [-0.25, -0.2) is 0 Å². The molecule has 1 saturated heterocycles. The number of hydrogen-bond donors (Lipinski definition) is 0. The van der Waals surface area contributed by atoms with E-state index in [1.165, 1.54) is 12.1 Å². The van der Waals surface area contributed by atoms with Gasteiger partial charge in [0.25, 0.3) is 0 Å². The molecular weight excluding hydrogens is 291 g/mol. The van der Waals surface area contributed by atoms with Crippen LogP contribution in [0.4, 0.5) is 13.2 Å². The van der Waals surface area contributed by atoms with Gasteiger partial charge in [0.05, 0.1) is 5.56 Å². The largest absolute Gasteiger partial charge is 0.416 e. The highest BCUT2D eigenvalue weighted by Crippen LogP contribution is 2.48. The van der Waals surface area contributed by atoms with Crippen LogP contribution in [0.2, 0.25) is 0 Å². The average molecular weight is 311 g/mol. The number of benzene rings is 1. The van der Waals surface area contributed by atoms with Crippen molar-refractivity contribution >= 4 is 6.41 Å². The molecule has 1 aromatic rings. The molecular formula is C17H20F3NO. The zero-order valence-corrected chi connectivity index (χ0v) is 12.6. The van der Waals surface area contributed by atoms with E-state index in [1.807, 2.05) is 0 Å². The number of nitrogens with zero attached hydrogens (tertiary/aromatic N) is 1. The minimum absolute atomic E-state index is 0.283. The van der Waals surface area contributed by atoms with E-state index in [4.69, 9.17) is 0 Å². The lowest BCUT2D eigenvalue weighted by Gasteiger charge is -2.46. The summed E-state index contributed by atoms with van der Waals surface area (Å²) in [5.41, 5.74) is 1.45. The van der Waals surface area contributed by atoms with Gasteiger partial charge in [-0.05, 0) is 61.8 Å². The van der Waals surface area contributed by atoms with E-state index < -0.39 is 11.7 Å². The molecule has 1 spiro atoms. The van der Waals surface area contributed by atoms with Crippen molar-refractivity contribution in [3.05, 3.63) is 34.9 Å². The summed E-state index contributed by atoms with van der Waals surface area (Å²) in [6, 6.07) is 4.06. The van der Waals surface area contributed by atoms with E-state index in [2.05, 4.69) is 0 Å². The molecule has 1 aliphatic heterocycles. The predicted molar refractivity (Wildman–Crippen MR) is 77.3 cm³/mol. The van der Waals surface area contributed by atoms with Crippen LogP contribution in [0.25, 0.3) is 0 Å². The first-order chi connectivity index (χ1) is 10.3. The van der Waals surface area contributed by atoms with Crippen molar-refractivity contribution in [2.24, 2.45) is 11.3 Å². The molecule has 3 rings (SSSR count). The van der Waals surface area contributed by atoms with Crippen molar-refractivity contribution in [3.63, 3.8) is 0 Å². The first-order valence-electron chi connectivity index (χ1n) is 7.67. The Kier molecular flexibility index (Phi) is 3.69. The third-order valence-corrected chi connectivity index (χ3v) is 5.21. The standard InChI is InChI=1S/C17H20F3NO/c1-12-6-15(17(18,19)20)3-2-14(12)7-13-4-5-16(8-13)9-21(10-16)11-22/h2-3,6,11,13H,4-5,7-10H2,1H3. The Morgan fingerprint density at radius 2 is 2.09 bits per heavy atom. The Morgan fingerprint density at radius 3 is 2.68 bits per heavy atom. The number of alkyl halides is 3. The molecule has 22 heavy (non-hydrogen) atoms. The first kappa shape index (κ1) is 15.4. The van der Waals surface area contributed by atoms with Crippen molar-refractivity contribution in [3.8, 4) is 0 Å². The van der Waals surface area contributed by atoms with Gasteiger partial charge in [0.1, 0.15) is 0 Å². The number of carbonyl (C=O) groups is 1. The highest BCUT2D eigenvalue weighted by atomic mass is 19.4. The van der Waals surface area contributed by atoms with Gasteiger partial charge in [-0.1, -0.05) is 6.07 Å². The normalized spacial score (nSPS) is 23.6. The maximum absolute atomic E-state index is 12.7. The Balaban J connectivity index is 1.64. The molecule has 0 radical (unpaired) electrons. The Hall–Kier alpha value is -1.52. The Bertz CT molecular complexity index is 576. The minimum atomic E-state index is -4.27. The van der Waals surface area contributed by atoms with Crippen LogP contribution in [0, 0.1) is 18.3 Å². The van der Waals surface area contributed by atoms with E-state index in [9.17, 15) is 18.0 Å². The Labute approximate surface area is 128 Å². The molecule has 1 saturated carbocycles. The number of likely N-dealkylation sites (tertiary alicyclic amines) is 1. The van der Waals surface area contributed by atoms with Crippen LogP contribution in [-0.4, -0.2) is 24.4 Å². The van der Waals surface area contributed by atoms with Crippen LogP contribution >= 0.6 is 0 Å². The molecule has 2 nitrogen and oxygen atoms in total. The van der Waals surface area contributed by atoms with E-state index in [0.717, 1.165) is 56.3 Å². The SMILES string of the molecule is Cc1cc(C(F)(F)F)ccc1CC1CCC2(C1)CN(C=O)C2. The minimum Gasteiger partial charge on any atom is -0.344 e. The van der Waals surface area contributed by atoms with Gasteiger partial charge >= 0.3 is 6.18 Å². The van der Waals surface area contributed by atoms with Crippen LogP contribution < -0.4 is 0 Å². The quantitative estimate of drug-likeness (QED) is 0.777. The maximum atomic E-state index is 12.7. The van der Waals surface area contributed by atoms with Crippen LogP contribution in [-0.2, 0) is 17.4 Å². The Morgan fingerprint density at radius 1 is 1.36 bits per heavy atom. The van der Waals surface area contributed by atoms with Gasteiger partial charge < -0.3 is 4.90 Å². The molecule has 0 bridgehead atoms. The number of amides is 1.